The molecule has 1 aromatic heterocycles. The molecule has 0 amide bonds. The number of aromatic amines is 1. The van der Waals surface area contributed by atoms with Crippen molar-refractivity contribution >= 4 is 5.95 Å². The molecule has 152 valence electrons. The van der Waals surface area contributed by atoms with E-state index in [0.29, 0.717) is 26.2 Å². The first kappa shape index (κ1) is 19.4. The van der Waals surface area contributed by atoms with E-state index in [2.05, 4.69) is 26.1 Å². The summed E-state index contributed by atoms with van der Waals surface area (Å²) < 4.78 is 51.1. The molecule has 2 heterocycles. The molecule has 1 N–H and O–H groups in total. The first-order valence-corrected chi connectivity index (χ1v) is 9.20. The van der Waals surface area contributed by atoms with Gasteiger partial charge in [-0.05, 0) is 34.9 Å². The number of piperazine rings is 1. The molecular formula is C20H19F4N5. The number of benzene rings is 2. The Balaban J connectivity index is 1.37. The first-order valence-electron chi connectivity index (χ1n) is 9.20. The maximum atomic E-state index is 13.1. The third-order valence-electron chi connectivity index (χ3n) is 4.91. The van der Waals surface area contributed by atoms with Gasteiger partial charge in [0.2, 0.25) is 5.95 Å². The van der Waals surface area contributed by atoms with E-state index < -0.39 is 12.0 Å². The predicted octanol–water partition coefficient (Wildman–Crippen LogP) is 3.95. The highest BCUT2D eigenvalue weighted by atomic mass is 19.4. The highest BCUT2D eigenvalue weighted by Gasteiger charge is 2.36. The Labute approximate surface area is 165 Å². The zero-order valence-electron chi connectivity index (χ0n) is 15.5. The third-order valence-corrected chi connectivity index (χ3v) is 4.91. The molecule has 0 atom stereocenters. The van der Waals surface area contributed by atoms with Gasteiger partial charge >= 0.3 is 6.18 Å². The number of aromatic nitrogens is 3. The number of rotatable bonds is 4. The van der Waals surface area contributed by atoms with Crippen LogP contribution in [0.2, 0.25) is 0 Å². The van der Waals surface area contributed by atoms with Crippen molar-refractivity contribution in [2.24, 2.45) is 0 Å². The number of H-pyrrole nitrogens is 1. The molecule has 0 saturated carbocycles. The van der Waals surface area contributed by atoms with Gasteiger partial charge in [0.1, 0.15) is 5.82 Å². The number of hydrogen-bond donors (Lipinski definition) is 1. The van der Waals surface area contributed by atoms with Crippen LogP contribution in [0.4, 0.5) is 23.5 Å². The molecule has 5 nitrogen and oxygen atoms in total. The molecule has 2 aromatic carbocycles. The number of hydrogen-bond acceptors (Lipinski definition) is 4. The van der Waals surface area contributed by atoms with Crippen LogP contribution >= 0.6 is 0 Å². The minimum atomic E-state index is -4.55. The van der Waals surface area contributed by atoms with Crippen molar-refractivity contribution in [2.45, 2.75) is 12.7 Å². The average molecular weight is 405 g/mol. The fourth-order valence-corrected chi connectivity index (χ4v) is 3.39. The molecule has 1 aliphatic rings. The van der Waals surface area contributed by atoms with Crippen molar-refractivity contribution in [3.05, 3.63) is 65.7 Å². The molecule has 1 fully saturated rings. The molecular weight excluding hydrogens is 386 g/mol. The van der Waals surface area contributed by atoms with E-state index >= 15 is 0 Å². The zero-order chi connectivity index (χ0) is 20.4. The fraction of sp³-hybridized carbons (Fsp3) is 0.300. The summed E-state index contributed by atoms with van der Waals surface area (Å²) in [5, 5.41) is 5.63. The van der Waals surface area contributed by atoms with Gasteiger partial charge < -0.3 is 4.90 Å². The van der Waals surface area contributed by atoms with E-state index in [0.717, 1.165) is 23.2 Å². The topological polar surface area (TPSA) is 48.1 Å². The van der Waals surface area contributed by atoms with E-state index in [4.69, 9.17) is 0 Å². The van der Waals surface area contributed by atoms with Crippen LogP contribution in [0.1, 0.15) is 11.4 Å². The quantitative estimate of drug-likeness (QED) is 0.668. The summed E-state index contributed by atoms with van der Waals surface area (Å²) in [7, 11) is 0. The maximum Gasteiger partial charge on any atom is 0.453 e. The monoisotopic (exact) mass is 405 g/mol. The van der Waals surface area contributed by atoms with E-state index in [-0.39, 0.29) is 11.8 Å². The standard InChI is InChI=1S/C20H19F4N5/c21-17-6-4-15(5-7-17)16-3-1-2-14(12-16)13-28-8-10-29(11-9-28)19-25-18(26-27-19)20(22,23)24/h1-7,12H,8-11,13H2,(H,25,26,27). The van der Waals surface area contributed by atoms with Gasteiger partial charge in [0, 0.05) is 32.7 Å². The Morgan fingerprint density at radius 2 is 1.66 bits per heavy atom. The summed E-state index contributed by atoms with van der Waals surface area (Å²) in [5.41, 5.74) is 3.09. The summed E-state index contributed by atoms with van der Waals surface area (Å²) in [4.78, 5) is 7.56. The van der Waals surface area contributed by atoms with Crippen molar-refractivity contribution in [3.8, 4) is 11.1 Å². The zero-order valence-corrected chi connectivity index (χ0v) is 15.5. The number of anilines is 1. The number of nitrogens with one attached hydrogen (secondary N) is 1. The first-order chi connectivity index (χ1) is 13.9. The third kappa shape index (κ3) is 4.56. The van der Waals surface area contributed by atoms with Gasteiger partial charge in [-0.25, -0.2) is 9.49 Å². The molecule has 3 aromatic rings. The van der Waals surface area contributed by atoms with Gasteiger partial charge in [-0.15, -0.1) is 5.10 Å². The molecule has 29 heavy (non-hydrogen) atoms. The molecule has 1 saturated heterocycles. The largest absolute Gasteiger partial charge is 0.453 e. The summed E-state index contributed by atoms with van der Waals surface area (Å²) in [5.74, 6) is -1.26. The average Bonchev–Trinajstić information content (AvgIpc) is 3.20. The van der Waals surface area contributed by atoms with Crippen LogP contribution in [0, 0.1) is 5.82 Å². The van der Waals surface area contributed by atoms with Gasteiger partial charge in [0.15, 0.2) is 0 Å². The van der Waals surface area contributed by atoms with Crippen LogP contribution < -0.4 is 4.90 Å². The van der Waals surface area contributed by atoms with Crippen molar-refractivity contribution in [2.75, 3.05) is 31.1 Å². The number of halogens is 4. The summed E-state index contributed by atoms with van der Waals surface area (Å²) in [6, 6.07) is 14.4. The van der Waals surface area contributed by atoms with Crippen LogP contribution in [0.5, 0.6) is 0 Å². The van der Waals surface area contributed by atoms with Crippen LogP contribution in [0.15, 0.2) is 48.5 Å². The Morgan fingerprint density at radius 3 is 2.31 bits per heavy atom. The van der Waals surface area contributed by atoms with Crippen molar-refractivity contribution in [1.82, 2.24) is 20.1 Å². The normalized spacial score (nSPS) is 15.7. The van der Waals surface area contributed by atoms with Crippen molar-refractivity contribution < 1.29 is 17.6 Å². The summed E-state index contributed by atoms with van der Waals surface area (Å²) in [6.07, 6.45) is -4.55. The van der Waals surface area contributed by atoms with Gasteiger partial charge in [-0.1, -0.05) is 30.3 Å². The molecule has 0 radical (unpaired) electrons. The number of nitrogens with zero attached hydrogens (tertiary/aromatic N) is 4. The Bertz CT molecular complexity index is 960. The smallest absolute Gasteiger partial charge is 0.339 e. The van der Waals surface area contributed by atoms with Gasteiger partial charge in [0.05, 0.1) is 0 Å². The highest BCUT2D eigenvalue weighted by molar-refractivity contribution is 5.64. The SMILES string of the molecule is Fc1ccc(-c2cccc(CN3CCN(c4nc(C(F)(F)F)n[nH]4)CC3)c2)cc1. The second-order valence-electron chi connectivity index (χ2n) is 6.95. The second kappa shape index (κ2) is 7.82. The fourth-order valence-electron chi connectivity index (χ4n) is 3.39. The van der Waals surface area contributed by atoms with Crippen molar-refractivity contribution in [3.63, 3.8) is 0 Å². The number of alkyl halides is 3. The van der Waals surface area contributed by atoms with Gasteiger partial charge in [-0.3, -0.25) is 4.90 Å². The lowest BCUT2D eigenvalue weighted by Crippen LogP contribution is -2.46. The van der Waals surface area contributed by atoms with E-state index in [9.17, 15) is 17.6 Å². The lowest BCUT2D eigenvalue weighted by molar-refractivity contribution is -0.144. The lowest BCUT2D eigenvalue weighted by atomic mass is 10.0. The Morgan fingerprint density at radius 1 is 0.931 bits per heavy atom. The molecule has 4 rings (SSSR count). The minimum absolute atomic E-state index is 0.148. The summed E-state index contributed by atoms with van der Waals surface area (Å²) in [6.45, 7) is 3.24. The molecule has 9 heteroatoms. The van der Waals surface area contributed by atoms with Crippen LogP contribution in [0.3, 0.4) is 0 Å². The van der Waals surface area contributed by atoms with Crippen LogP contribution in [-0.4, -0.2) is 46.3 Å². The van der Waals surface area contributed by atoms with Crippen LogP contribution in [-0.2, 0) is 12.7 Å². The molecule has 1 aliphatic heterocycles. The Hall–Kier alpha value is -2.94. The van der Waals surface area contributed by atoms with Gasteiger partial charge in [-0.2, -0.15) is 18.2 Å². The van der Waals surface area contributed by atoms with Gasteiger partial charge in [0.25, 0.3) is 5.82 Å². The Kier molecular flexibility index (Phi) is 5.23. The molecule has 0 bridgehead atoms. The van der Waals surface area contributed by atoms with E-state index in [1.165, 1.54) is 12.1 Å². The lowest BCUT2D eigenvalue weighted by Gasteiger charge is -2.34. The minimum Gasteiger partial charge on any atom is -0.339 e. The molecule has 0 unspecified atom stereocenters. The second-order valence-corrected chi connectivity index (χ2v) is 6.95. The molecule has 0 aliphatic carbocycles. The predicted molar refractivity (Wildman–Crippen MR) is 101 cm³/mol. The van der Waals surface area contributed by atoms with Crippen molar-refractivity contribution in [1.29, 1.82) is 0 Å². The van der Waals surface area contributed by atoms with E-state index in [1.54, 1.807) is 17.0 Å². The summed E-state index contributed by atoms with van der Waals surface area (Å²) >= 11 is 0. The van der Waals surface area contributed by atoms with E-state index in [1.807, 2.05) is 18.2 Å². The van der Waals surface area contributed by atoms with Crippen LogP contribution in [0.25, 0.3) is 11.1 Å². The molecule has 0 spiro atoms. The maximum absolute atomic E-state index is 13.1. The highest BCUT2D eigenvalue weighted by Crippen LogP contribution is 2.27.